The summed E-state index contributed by atoms with van der Waals surface area (Å²) >= 11 is 0. The van der Waals surface area contributed by atoms with E-state index in [1.54, 1.807) is 0 Å². The molecule has 3 rings (SSSR count). The largest absolute Gasteiger partial charge is 0.417 e. The van der Waals surface area contributed by atoms with Gasteiger partial charge in [0, 0.05) is 12.1 Å². The van der Waals surface area contributed by atoms with Gasteiger partial charge in [0.25, 0.3) is 5.91 Å². The second-order valence-corrected chi connectivity index (χ2v) is 6.63. The smallest absolute Gasteiger partial charge is 0.273 e. The maximum atomic E-state index is 12.7. The molecule has 7 nitrogen and oxygen atoms in total. The van der Waals surface area contributed by atoms with Crippen LogP contribution in [0.4, 0.5) is 13.2 Å². The van der Waals surface area contributed by atoms with Crippen molar-refractivity contribution in [3.05, 3.63) is 41.3 Å². The summed E-state index contributed by atoms with van der Waals surface area (Å²) in [4.78, 5) is 27.9. The Morgan fingerprint density at radius 1 is 1.19 bits per heavy atom. The molecule has 144 valence electrons. The highest BCUT2D eigenvalue weighted by Crippen LogP contribution is 2.30. The second kappa shape index (κ2) is 7.01. The Kier molecular flexibility index (Phi) is 4.90. The molecule has 1 fully saturated rings. The normalized spacial score (nSPS) is 14.3. The monoisotopic (exact) mass is 381 g/mol. The zero-order valence-corrected chi connectivity index (χ0v) is 14.7. The molecule has 0 spiro atoms. The van der Waals surface area contributed by atoms with Crippen LogP contribution in [0, 0.1) is 5.92 Å². The zero-order chi connectivity index (χ0) is 19.8. The van der Waals surface area contributed by atoms with E-state index in [4.69, 9.17) is 0 Å². The average molecular weight is 381 g/mol. The van der Waals surface area contributed by atoms with Crippen molar-refractivity contribution in [2.24, 2.45) is 5.92 Å². The lowest BCUT2D eigenvalue weighted by molar-refractivity contribution is -0.137. The molecular weight excluding hydrogens is 363 g/mol. The molecule has 0 aromatic carbocycles. The Hall–Kier alpha value is -2.91. The van der Waals surface area contributed by atoms with Crippen molar-refractivity contribution in [1.29, 1.82) is 0 Å². The third-order valence-corrected chi connectivity index (χ3v) is 4.14. The van der Waals surface area contributed by atoms with E-state index < -0.39 is 17.6 Å². The van der Waals surface area contributed by atoms with Crippen LogP contribution in [-0.4, -0.2) is 26.6 Å². The SMILES string of the molecule is CC(C)c1c(C(=O)NNC(=O)C2CC2)cnn1-c1ccc(C(F)(F)F)cn1. The van der Waals surface area contributed by atoms with Gasteiger partial charge in [0.05, 0.1) is 23.0 Å². The number of nitrogens with zero attached hydrogens (tertiary/aromatic N) is 3. The summed E-state index contributed by atoms with van der Waals surface area (Å²) in [5.41, 5.74) is 4.53. The van der Waals surface area contributed by atoms with Gasteiger partial charge in [0.2, 0.25) is 5.91 Å². The average Bonchev–Trinajstić information content (AvgIpc) is 3.36. The summed E-state index contributed by atoms with van der Waals surface area (Å²) in [5.74, 6) is -0.865. The van der Waals surface area contributed by atoms with Gasteiger partial charge in [-0.1, -0.05) is 13.8 Å². The van der Waals surface area contributed by atoms with E-state index in [0.29, 0.717) is 5.69 Å². The van der Waals surface area contributed by atoms with Crippen LogP contribution in [-0.2, 0) is 11.0 Å². The molecule has 0 aliphatic heterocycles. The van der Waals surface area contributed by atoms with Gasteiger partial charge in [-0.15, -0.1) is 0 Å². The number of carbonyl (C=O) groups excluding carboxylic acids is 2. The molecule has 0 atom stereocenters. The number of hydrogen-bond donors (Lipinski definition) is 2. The molecule has 0 unspecified atom stereocenters. The van der Waals surface area contributed by atoms with Crippen LogP contribution in [0.2, 0.25) is 0 Å². The lowest BCUT2D eigenvalue weighted by Gasteiger charge is -2.13. The van der Waals surface area contributed by atoms with Crippen LogP contribution < -0.4 is 10.9 Å². The number of aromatic nitrogens is 3. The van der Waals surface area contributed by atoms with Gasteiger partial charge in [0.15, 0.2) is 5.82 Å². The van der Waals surface area contributed by atoms with Gasteiger partial charge in [-0.2, -0.15) is 18.3 Å². The van der Waals surface area contributed by atoms with Crippen LogP contribution in [0.25, 0.3) is 5.82 Å². The Bertz CT molecular complexity index is 854. The molecule has 2 heterocycles. The van der Waals surface area contributed by atoms with E-state index in [9.17, 15) is 22.8 Å². The van der Waals surface area contributed by atoms with Crippen molar-refractivity contribution in [2.45, 2.75) is 38.8 Å². The number of hydrazine groups is 1. The highest BCUT2D eigenvalue weighted by atomic mass is 19.4. The van der Waals surface area contributed by atoms with Crippen LogP contribution >= 0.6 is 0 Å². The lowest BCUT2D eigenvalue weighted by Crippen LogP contribution is -2.42. The van der Waals surface area contributed by atoms with E-state index in [1.807, 2.05) is 13.8 Å². The summed E-state index contributed by atoms with van der Waals surface area (Å²) < 4.78 is 39.4. The third-order valence-electron chi connectivity index (χ3n) is 4.14. The van der Waals surface area contributed by atoms with Crippen LogP contribution in [0.5, 0.6) is 0 Å². The fourth-order valence-electron chi connectivity index (χ4n) is 2.58. The first kappa shape index (κ1) is 18.9. The topological polar surface area (TPSA) is 88.9 Å². The number of rotatable bonds is 4. The van der Waals surface area contributed by atoms with Gasteiger partial charge in [0.1, 0.15) is 0 Å². The summed E-state index contributed by atoms with van der Waals surface area (Å²) in [6, 6.07) is 2.10. The highest BCUT2D eigenvalue weighted by molar-refractivity contribution is 5.96. The molecule has 1 aliphatic rings. The van der Waals surface area contributed by atoms with Gasteiger partial charge >= 0.3 is 6.18 Å². The summed E-state index contributed by atoms with van der Waals surface area (Å²) in [5, 5.41) is 4.09. The number of alkyl halides is 3. The van der Waals surface area contributed by atoms with Gasteiger partial charge < -0.3 is 0 Å². The number of hydrogen-bond acceptors (Lipinski definition) is 4. The van der Waals surface area contributed by atoms with E-state index in [0.717, 1.165) is 25.1 Å². The first-order valence-corrected chi connectivity index (χ1v) is 8.40. The number of pyridine rings is 1. The van der Waals surface area contributed by atoms with Crippen molar-refractivity contribution in [1.82, 2.24) is 25.6 Å². The Morgan fingerprint density at radius 3 is 2.41 bits per heavy atom. The Morgan fingerprint density at radius 2 is 1.89 bits per heavy atom. The standard InChI is InChI=1S/C17H18F3N5O2/c1-9(2)14-12(16(27)24-23-15(26)10-3-4-10)8-22-25(14)13-6-5-11(7-21-13)17(18,19)20/h5-10H,3-4H2,1-2H3,(H,23,26)(H,24,27). The van der Waals surface area contributed by atoms with Crippen molar-refractivity contribution < 1.29 is 22.8 Å². The first-order valence-electron chi connectivity index (χ1n) is 8.40. The minimum atomic E-state index is -4.48. The van der Waals surface area contributed by atoms with Gasteiger partial charge in [-0.05, 0) is 30.9 Å². The maximum Gasteiger partial charge on any atom is 0.417 e. The molecule has 10 heteroatoms. The number of halogens is 3. The summed E-state index contributed by atoms with van der Waals surface area (Å²) in [6.45, 7) is 3.63. The molecule has 0 radical (unpaired) electrons. The lowest BCUT2D eigenvalue weighted by atomic mass is 10.1. The molecule has 0 saturated heterocycles. The predicted molar refractivity (Wildman–Crippen MR) is 88.8 cm³/mol. The van der Waals surface area contributed by atoms with Gasteiger partial charge in [-0.3, -0.25) is 20.4 Å². The summed E-state index contributed by atoms with van der Waals surface area (Å²) in [6.07, 6.45) is -0.863. The van der Waals surface area contributed by atoms with E-state index in [-0.39, 0.29) is 29.1 Å². The highest BCUT2D eigenvalue weighted by Gasteiger charge is 2.32. The fourth-order valence-corrected chi connectivity index (χ4v) is 2.58. The van der Waals surface area contributed by atoms with E-state index >= 15 is 0 Å². The summed E-state index contributed by atoms with van der Waals surface area (Å²) in [7, 11) is 0. The van der Waals surface area contributed by atoms with Crippen LogP contribution in [0.15, 0.2) is 24.5 Å². The zero-order valence-electron chi connectivity index (χ0n) is 14.7. The predicted octanol–water partition coefficient (Wildman–Crippen LogP) is 2.58. The van der Waals surface area contributed by atoms with Crippen LogP contribution in [0.1, 0.15) is 54.2 Å². The quantitative estimate of drug-likeness (QED) is 0.797. The van der Waals surface area contributed by atoms with Gasteiger partial charge in [-0.25, -0.2) is 9.67 Å². The number of amides is 2. The van der Waals surface area contributed by atoms with E-state index in [2.05, 4.69) is 20.9 Å². The molecular formula is C17H18F3N5O2. The van der Waals surface area contributed by atoms with E-state index in [1.165, 1.54) is 16.9 Å². The Labute approximate surface area is 152 Å². The molecule has 2 amide bonds. The van der Waals surface area contributed by atoms with Crippen molar-refractivity contribution in [3.8, 4) is 5.82 Å². The second-order valence-electron chi connectivity index (χ2n) is 6.63. The molecule has 1 saturated carbocycles. The Balaban J connectivity index is 1.84. The molecule has 0 bridgehead atoms. The van der Waals surface area contributed by atoms with Crippen molar-refractivity contribution in [3.63, 3.8) is 0 Å². The third kappa shape index (κ3) is 4.09. The minimum Gasteiger partial charge on any atom is -0.273 e. The number of carbonyl (C=O) groups is 2. The molecule has 27 heavy (non-hydrogen) atoms. The maximum absolute atomic E-state index is 12.7. The molecule has 2 aromatic rings. The molecule has 1 aliphatic carbocycles. The number of nitrogens with one attached hydrogen (secondary N) is 2. The fraction of sp³-hybridized carbons (Fsp3) is 0.412. The minimum absolute atomic E-state index is 0.0612. The van der Waals surface area contributed by atoms with Crippen molar-refractivity contribution in [2.75, 3.05) is 0 Å². The molecule has 2 aromatic heterocycles. The van der Waals surface area contributed by atoms with Crippen LogP contribution in [0.3, 0.4) is 0 Å². The molecule has 2 N–H and O–H groups in total. The first-order chi connectivity index (χ1) is 12.7. The van der Waals surface area contributed by atoms with Crippen molar-refractivity contribution >= 4 is 11.8 Å².